The number of benzene rings is 1. The molecule has 3 rings (SSSR count). The van der Waals surface area contributed by atoms with E-state index < -0.39 is 5.56 Å². The van der Waals surface area contributed by atoms with E-state index in [-0.39, 0.29) is 16.2 Å². The lowest BCUT2D eigenvalue weighted by Gasteiger charge is -2.12. The number of allylic oxidation sites excluding steroid dienone is 2. The van der Waals surface area contributed by atoms with Gasteiger partial charge in [0.25, 0.3) is 5.56 Å². The highest BCUT2D eigenvalue weighted by atomic mass is 32.1. The van der Waals surface area contributed by atoms with Crippen molar-refractivity contribution < 1.29 is 9.84 Å². The third kappa shape index (κ3) is 2.86. The maximum absolute atomic E-state index is 12.1. The molecule has 1 aliphatic heterocycles. The fourth-order valence-corrected chi connectivity index (χ4v) is 2.47. The van der Waals surface area contributed by atoms with Crippen molar-refractivity contribution in [1.82, 2.24) is 9.55 Å². The number of rotatable bonds is 3. The molecule has 1 aromatic carbocycles. The number of aromatic amines is 1. The number of hydrogen-bond donors (Lipinski definition) is 2. The van der Waals surface area contributed by atoms with E-state index in [1.165, 1.54) is 10.6 Å². The van der Waals surface area contributed by atoms with Crippen LogP contribution in [-0.4, -0.2) is 28.0 Å². The Morgan fingerprint density at radius 3 is 2.70 bits per heavy atom. The lowest BCUT2D eigenvalue weighted by molar-refractivity contribution is 0.414. The number of aromatic hydroxyl groups is 1. The average molecular weight is 327 g/mol. The molecule has 1 aliphatic rings. The van der Waals surface area contributed by atoms with Crippen LogP contribution in [0.2, 0.25) is 0 Å². The molecule has 0 aliphatic carbocycles. The minimum atomic E-state index is -0.472. The van der Waals surface area contributed by atoms with Crippen molar-refractivity contribution in [3.63, 3.8) is 0 Å². The Balaban J connectivity index is 2.19. The third-order valence-corrected chi connectivity index (χ3v) is 3.61. The van der Waals surface area contributed by atoms with Crippen LogP contribution in [0.25, 0.3) is 11.8 Å². The second-order valence-electron chi connectivity index (χ2n) is 4.74. The second-order valence-corrected chi connectivity index (χ2v) is 5.12. The average Bonchev–Trinajstić information content (AvgIpc) is 3.05. The zero-order chi connectivity index (χ0) is 16.4. The summed E-state index contributed by atoms with van der Waals surface area (Å²) in [6, 6.07) is 6.95. The van der Waals surface area contributed by atoms with E-state index in [9.17, 15) is 9.90 Å². The van der Waals surface area contributed by atoms with Crippen molar-refractivity contribution in [2.45, 2.75) is 0 Å². The summed E-state index contributed by atoms with van der Waals surface area (Å²) in [5.74, 6) is 0.434. The molecule has 7 heteroatoms. The van der Waals surface area contributed by atoms with Gasteiger partial charge in [0, 0.05) is 6.21 Å². The smallest absolute Gasteiger partial charge is 0.262 e. The summed E-state index contributed by atoms with van der Waals surface area (Å²) in [6.45, 7) is 0. The Morgan fingerprint density at radius 1 is 1.35 bits per heavy atom. The topological polar surface area (TPSA) is 79.6 Å². The first kappa shape index (κ1) is 15.0. The van der Waals surface area contributed by atoms with Crippen molar-refractivity contribution in [3.8, 4) is 17.3 Å². The van der Waals surface area contributed by atoms with E-state index in [2.05, 4.69) is 9.98 Å². The molecule has 0 atom stereocenters. The van der Waals surface area contributed by atoms with Gasteiger partial charge in [-0.15, -0.1) is 0 Å². The van der Waals surface area contributed by atoms with Crippen molar-refractivity contribution in [2.24, 2.45) is 4.99 Å². The number of nitrogens with zero attached hydrogens (tertiary/aromatic N) is 2. The molecule has 6 nitrogen and oxygen atoms in total. The molecule has 116 valence electrons. The summed E-state index contributed by atoms with van der Waals surface area (Å²) in [4.78, 5) is 18.7. The maximum atomic E-state index is 12.1. The Morgan fingerprint density at radius 2 is 2.09 bits per heavy atom. The van der Waals surface area contributed by atoms with Crippen LogP contribution in [0.5, 0.6) is 11.6 Å². The first-order valence-electron chi connectivity index (χ1n) is 6.75. The summed E-state index contributed by atoms with van der Waals surface area (Å²) in [5.41, 5.74) is 0.798. The van der Waals surface area contributed by atoms with Gasteiger partial charge < -0.3 is 9.84 Å². The van der Waals surface area contributed by atoms with E-state index in [0.717, 1.165) is 0 Å². The summed E-state index contributed by atoms with van der Waals surface area (Å²) >= 11 is 5.16. The zero-order valence-electron chi connectivity index (χ0n) is 12.2. The zero-order valence-corrected chi connectivity index (χ0v) is 13.0. The van der Waals surface area contributed by atoms with Gasteiger partial charge in [-0.25, -0.2) is 0 Å². The summed E-state index contributed by atoms with van der Waals surface area (Å²) in [5, 5.41) is 10.5. The largest absolute Gasteiger partial charge is 0.497 e. The first-order chi connectivity index (χ1) is 11.1. The quantitative estimate of drug-likeness (QED) is 0.849. The van der Waals surface area contributed by atoms with Gasteiger partial charge in [-0.3, -0.25) is 19.3 Å². The predicted molar refractivity (Wildman–Crippen MR) is 91.0 cm³/mol. The number of aliphatic imine (C=N–C) groups is 1. The van der Waals surface area contributed by atoms with Crippen molar-refractivity contribution in [3.05, 3.63) is 62.8 Å². The number of hydrogen-bond acceptors (Lipinski definition) is 5. The fraction of sp³-hybridized carbons (Fsp3) is 0.0625. The van der Waals surface area contributed by atoms with Crippen molar-refractivity contribution >= 4 is 24.5 Å². The Bertz CT molecular complexity index is 936. The lowest BCUT2D eigenvalue weighted by Crippen LogP contribution is -2.16. The van der Waals surface area contributed by atoms with Crippen LogP contribution < -0.4 is 10.3 Å². The van der Waals surface area contributed by atoms with Crippen LogP contribution >= 0.6 is 12.2 Å². The van der Waals surface area contributed by atoms with Gasteiger partial charge in [-0.1, -0.05) is 0 Å². The van der Waals surface area contributed by atoms with Gasteiger partial charge >= 0.3 is 0 Å². The van der Waals surface area contributed by atoms with Crippen molar-refractivity contribution in [1.29, 1.82) is 0 Å². The van der Waals surface area contributed by atoms with E-state index in [1.54, 1.807) is 49.7 Å². The molecule has 23 heavy (non-hydrogen) atoms. The van der Waals surface area contributed by atoms with Gasteiger partial charge in [0.2, 0.25) is 5.88 Å². The standard InChI is InChI=1S/C16H13N3O3S/c1-22-12-6-4-11(5-7-12)19-15(21)13(14(20)18-16(19)23)9-10-3-2-8-17-10/h2-9,21H,1H3,(H,18,20,23). The molecule has 0 amide bonds. The molecular weight excluding hydrogens is 314 g/mol. The van der Waals surface area contributed by atoms with Crippen LogP contribution in [0, 0.1) is 4.77 Å². The molecule has 2 aromatic rings. The molecule has 2 N–H and O–H groups in total. The van der Waals surface area contributed by atoms with E-state index in [0.29, 0.717) is 17.1 Å². The minimum Gasteiger partial charge on any atom is -0.497 e. The van der Waals surface area contributed by atoms with Crippen LogP contribution in [0.15, 0.2) is 51.9 Å². The molecule has 2 heterocycles. The second kappa shape index (κ2) is 6.05. The van der Waals surface area contributed by atoms with Crippen LogP contribution in [0.4, 0.5) is 0 Å². The Hall–Kier alpha value is -2.93. The molecule has 0 saturated heterocycles. The number of ether oxygens (including phenoxy) is 1. The fourth-order valence-electron chi connectivity index (χ4n) is 2.19. The van der Waals surface area contributed by atoms with E-state index >= 15 is 0 Å². The van der Waals surface area contributed by atoms with Crippen LogP contribution in [0.3, 0.4) is 0 Å². The van der Waals surface area contributed by atoms with Gasteiger partial charge in [-0.05, 0) is 54.7 Å². The normalized spacial score (nSPS) is 14.6. The molecule has 0 unspecified atom stereocenters. The number of nitrogens with one attached hydrogen (secondary N) is 1. The van der Waals surface area contributed by atoms with Crippen LogP contribution in [0.1, 0.15) is 5.56 Å². The van der Waals surface area contributed by atoms with Crippen molar-refractivity contribution in [2.75, 3.05) is 7.11 Å². The summed E-state index contributed by atoms with van der Waals surface area (Å²) < 4.78 is 6.59. The number of H-pyrrole nitrogens is 1. The van der Waals surface area contributed by atoms with E-state index in [4.69, 9.17) is 17.0 Å². The molecule has 1 aromatic heterocycles. The molecule has 0 bridgehead atoms. The minimum absolute atomic E-state index is 0.0909. The SMILES string of the molecule is COc1ccc(-n2c(O)c(C=C3C=CC=N3)c(=O)[nH]c2=S)cc1. The molecule has 0 saturated carbocycles. The highest BCUT2D eigenvalue weighted by Gasteiger charge is 2.13. The van der Waals surface area contributed by atoms with Gasteiger partial charge in [-0.2, -0.15) is 0 Å². The summed E-state index contributed by atoms with van der Waals surface area (Å²) in [7, 11) is 1.57. The maximum Gasteiger partial charge on any atom is 0.262 e. The number of aromatic nitrogens is 2. The number of methoxy groups -OCH3 is 1. The lowest BCUT2D eigenvalue weighted by atomic mass is 10.2. The monoisotopic (exact) mass is 327 g/mol. The molecule has 0 fully saturated rings. The van der Waals surface area contributed by atoms with E-state index in [1.807, 2.05) is 0 Å². The third-order valence-electron chi connectivity index (χ3n) is 3.32. The molecular formula is C16H13N3O3S. The Labute approximate surface area is 136 Å². The highest BCUT2D eigenvalue weighted by molar-refractivity contribution is 7.71. The predicted octanol–water partition coefficient (Wildman–Crippen LogP) is 2.59. The van der Waals surface area contributed by atoms with Crippen LogP contribution in [-0.2, 0) is 0 Å². The molecule has 0 radical (unpaired) electrons. The summed E-state index contributed by atoms with van der Waals surface area (Å²) in [6.07, 6.45) is 6.59. The Kier molecular flexibility index (Phi) is 3.94. The first-order valence-corrected chi connectivity index (χ1v) is 7.16. The molecule has 0 spiro atoms. The van der Waals surface area contributed by atoms with Gasteiger partial charge in [0.05, 0.1) is 18.5 Å². The van der Waals surface area contributed by atoms with Gasteiger partial charge in [0.15, 0.2) is 4.77 Å². The van der Waals surface area contributed by atoms with Gasteiger partial charge in [0.1, 0.15) is 11.3 Å². The highest BCUT2D eigenvalue weighted by Crippen LogP contribution is 2.23.